The number of nitrogens with zero attached hydrogens (tertiary/aromatic N) is 4. The van der Waals surface area contributed by atoms with Crippen LogP contribution in [0.25, 0.3) is 0 Å². The largest absolute Gasteiger partial charge is 0.394 e. The molecule has 0 saturated carbocycles. The Morgan fingerprint density at radius 2 is 2.37 bits per heavy atom. The molecule has 0 spiro atoms. The maximum absolute atomic E-state index is 10.7. The summed E-state index contributed by atoms with van der Waals surface area (Å²) in [7, 11) is 0. The summed E-state index contributed by atoms with van der Waals surface area (Å²) in [6, 6.07) is 4.54. The number of aliphatic hydroxyl groups excluding tert-OH is 1. The lowest BCUT2D eigenvalue weighted by molar-refractivity contribution is -0.385. The third-order valence-electron chi connectivity index (χ3n) is 3.29. The molecular weight excluding hydrogens is 248 g/mol. The molecule has 0 amide bonds. The van der Waals surface area contributed by atoms with Gasteiger partial charge in [-0.25, -0.2) is 4.98 Å². The predicted octanol–water partition coefficient (Wildman–Crippen LogP) is 1.21. The van der Waals surface area contributed by atoms with Gasteiger partial charge in [0, 0.05) is 12.6 Å². The second-order valence-corrected chi connectivity index (χ2v) is 4.43. The molecule has 1 saturated heterocycles. The Balaban J connectivity index is 2.35. The van der Waals surface area contributed by atoms with E-state index in [9.17, 15) is 15.2 Å². The highest BCUT2D eigenvalue weighted by molar-refractivity contribution is 5.52. The fourth-order valence-corrected chi connectivity index (χ4v) is 2.32. The molecule has 7 heteroatoms. The van der Waals surface area contributed by atoms with Crippen molar-refractivity contribution >= 4 is 11.5 Å². The van der Waals surface area contributed by atoms with Crippen molar-refractivity contribution < 1.29 is 10.0 Å². The van der Waals surface area contributed by atoms with E-state index in [1.165, 1.54) is 12.1 Å². The first kappa shape index (κ1) is 13.2. The Hall–Kier alpha value is -2.20. The third-order valence-corrected chi connectivity index (χ3v) is 3.29. The molecule has 2 heterocycles. The van der Waals surface area contributed by atoms with Crippen LogP contribution in [0.5, 0.6) is 0 Å². The summed E-state index contributed by atoms with van der Waals surface area (Å²) in [6.45, 7) is 0.751. The number of pyridine rings is 1. The van der Waals surface area contributed by atoms with Crippen molar-refractivity contribution in [1.82, 2.24) is 4.98 Å². The van der Waals surface area contributed by atoms with Gasteiger partial charge in [0.05, 0.1) is 17.6 Å². The van der Waals surface area contributed by atoms with Crippen molar-refractivity contribution in [3.05, 3.63) is 27.9 Å². The van der Waals surface area contributed by atoms with Crippen LogP contribution in [-0.2, 0) is 0 Å². The van der Waals surface area contributed by atoms with E-state index in [4.69, 9.17) is 5.26 Å². The third kappa shape index (κ3) is 2.63. The maximum Gasteiger partial charge on any atom is 0.305 e. The van der Waals surface area contributed by atoms with E-state index in [1.54, 1.807) is 6.07 Å². The standard InChI is InChI=1S/C12H14N4O3/c13-7-10-11(16(18)19)4-5-12(14-10)15-6-2-1-3-9(15)8-17/h4-5,9,17H,1-3,6,8H2. The van der Waals surface area contributed by atoms with Crippen LogP contribution in [0.3, 0.4) is 0 Å². The first-order valence-electron chi connectivity index (χ1n) is 6.10. The fraction of sp³-hybridized carbons (Fsp3) is 0.500. The number of rotatable bonds is 3. The molecule has 1 aromatic heterocycles. The zero-order chi connectivity index (χ0) is 13.8. The van der Waals surface area contributed by atoms with E-state index in [0.29, 0.717) is 5.82 Å². The molecule has 7 nitrogen and oxygen atoms in total. The molecular formula is C12H14N4O3. The highest BCUT2D eigenvalue weighted by Crippen LogP contribution is 2.26. The lowest BCUT2D eigenvalue weighted by Crippen LogP contribution is -2.42. The highest BCUT2D eigenvalue weighted by atomic mass is 16.6. The molecule has 1 aliphatic heterocycles. The first-order valence-corrected chi connectivity index (χ1v) is 6.10. The molecule has 1 unspecified atom stereocenters. The van der Waals surface area contributed by atoms with Crippen molar-refractivity contribution in [2.24, 2.45) is 0 Å². The predicted molar refractivity (Wildman–Crippen MR) is 67.7 cm³/mol. The molecule has 100 valence electrons. The summed E-state index contributed by atoms with van der Waals surface area (Å²) >= 11 is 0. The van der Waals surface area contributed by atoms with Crippen LogP contribution < -0.4 is 4.90 Å². The van der Waals surface area contributed by atoms with Crippen LogP contribution >= 0.6 is 0 Å². The molecule has 1 atom stereocenters. The van der Waals surface area contributed by atoms with E-state index < -0.39 is 4.92 Å². The van der Waals surface area contributed by atoms with Gasteiger partial charge in [-0.15, -0.1) is 0 Å². The molecule has 0 aliphatic carbocycles. The monoisotopic (exact) mass is 262 g/mol. The Labute approximate surface area is 110 Å². The highest BCUT2D eigenvalue weighted by Gasteiger charge is 2.25. The number of hydrogen-bond acceptors (Lipinski definition) is 6. The molecule has 1 aliphatic rings. The molecule has 19 heavy (non-hydrogen) atoms. The molecule has 1 fully saturated rings. The van der Waals surface area contributed by atoms with Crippen molar-refractivity contribution in [2.45, 2.75) is 25.3 Å². The van der Waals surface area contributed by atoms with Crippen molar-refractivity contribution in [3.63, 3.8) is 0 Å². The first-order chi connectivity index (χ1) is 9.17. The van der Waals surface area contributed by atoms with E-state index >= 15 is 0 Å². The van der Waals surface area contributed by atoms with Crippen LogP contribution in [0.1, 0.15) is 25.0 Å². The minimum Gasteiger partial charge on any atom is -0.394 e. The Morgan fingerprint density at radius 1 is 1.58 bits per heavy atom. The topological polar surface area (TPSA) is 103 Å². The van der Waals surface area contributed by atoms with Gasteiger partial charge in [0.1, 0.15) is 11.9 Å². The molecule has 1 aromatic rings. The number of piperidine rings is 1. The molecule has 1 N–H and O–H groups in total. The van der Waals surface area contributed by atoms with Gasteiger partial charge in [-0.05, 0) is 25.3 Å². The van der Waals surface area contributed by atoms with Gasteiger partial charge in [-0.3, -0.25) is 10.1 Å². The number of nitro groups is 1. The quantitative estimate of drug-likeness (QED) is 0.648. The van der Waals surface area contributed by atoms with Gasteiger partial charge >= 0.3 is 5.69 Å². The van der Waals surface area contributed by atoms with E-state index in [1.807, 2.05) is 4.90 Å². The van der Waals surface area contributed by atoms with Crippen molar-refractivity contribution in [1.29, 1.82) is 5.26 Å². The molecule has 0 bridgehead atoms. The number of anilines is 1. The molecule has 0 radical (unpaired) electrons. The van der Waals surface area contributed by atoms with Crippen LogP contribution in [-0.4, -0.2) is 34.2 Å². The van der Waals surface area contributed by atoms with Crippen LogP contribution in [0, 0.1) is 21.4 Å². The van der Waals surface area contributed by atoms with E-state index in [-0.39, 0.29) is 24.0 Å². The number of nitriles is 1. The zero-order valence-corrected chi connectivity index (χ0v) is 10.3. The Morgan fingerprint density at radius 3 is 3.00 bits per heavy atom. The summed E-state index contributed by atoms with van der Waals surface area (Å²) in [5, 5.41) is 29.0. The van der Waals surface area contributed by atoms with Crippen LogP contribution in [0.15, 0.2) is 12.1 Å². The second kappa shape index (κ2) is 5.63. The summed E-state index contributed by atoms with van der Waals surface area (Å²) in [4.78, 5) is 16.1. The van der Waals surface area contributed by atoms with Gasteiger partial charge in [0.25, 0.3) is 0 Å². The fourth-order valence-electron chi connectivity index (χ4n) is 2.32. The Bertz CT molecular complexity index is 526. The summed E-state index contributed by atoms with van der Waals surface area (Å²) in [5.74, 6) is 0.515. The van der Waals surface area contributed by atoms with Crippen molar-refractivity contribution in [3.8, 4) is 6.07 Å². The lowest BCUT2D eigenvalue weighted by atomic mass is 10.0. The normalized spacial score (nSPS) is 18.9. The van der Waals surface area contributed by atoms with Gasteiger partial charge in [-0.1, -0.05) is 0 Å². The number of aromatic nitrogens is 1. The minimum absolute atomic E-state index is 0.0144. The maximum atomic E-state index is 10.7. The van der Waals surface area contributed by atoms with E-state index in [2.05, 4.69) is 4.98 Å². The average molecular weight is 262 g/mol. The number of hydrogen-bond donors (Lipinski definition) is 1. The van der Waals surface area contributed by atoms with Crippen LogP contribution in [0.4, 0.5) is 11.5 Å². The van der Waals surface area contributed by atoms with E-state index in [0.717, 1.165) is 25.8 Å². The Kier molecular flexibility index (Phi) is 3.92. The summed E-state index contributed by atoms with van der Waals surface area (Å²) in [6.07, 6.45) is 2.88. The van der Waals surface area contributed by atoms with Crippen LogP contribution in [0.2, 0.25) is 0 Å². The van der Waals surface area contributed by atoms with Crippen molar-refractivity contribution in [2.75, 3.05) is 18.1 Å². The second-order valence-electron chi connectivity index (χ2n) is 4.43. The summed E-state index contributed by atoms with van der Waals surface area (Å²) in [5.41, 5.74) is -0.478. The SMILES string of the molecule is N#Cc1nc(N2CCCCC2CO)ccc1[N+](=O)[O-]. The number of aliphatic hydroxyl groups is 1. The smallest absolute Gasteiger partial charge is 0.305 e. The zero-order valence-electron chi connectivity index (χ0n) is 10.3. The molecule has 0 aromatic carbocycles. The molecule has 2 rings (SSSR count). The lowest BCUT2D eigenvalue weighted by Gasteiger charge is -2.35. The van der Waals surface area contributed by atoms with Gasteiger partial charge in [0.15, 0.2) is 0 Å². The van der Waals surface area contributed by atoms with Gasteiger partial charge in [0.2, 0.25) is 5.69 Å². The van der Waals surface area contributed by atoms with Gasteiger partial charge < -0.3 is 10.0 Å². The average Bonchev–Trinajstić information content (AvgIpc) is 2.46. The summed E-state index contributed by atoms with van der Waals surface area (Å²) < 4.78 is 0. The minimum atomic E-state index is -0.616. The van der Waals surface area contributed by atoms with Gasteiger partial charge in [-0.2, -0.15) is 5.26 Å².